The van der Waals surface area contributed by atoms with Crippen molar-refractivity contribution in [3.8, 4) is 0 Å². The van der Waals surface area contributed by atoms with Crippen LogP contribution in [-0.4, -0.2) is 38.2 Å². The number of hydrogen-bond acceptors (Lipinski definition) is 4. The van der Waals surface area contributed by atoms with E-state index in [1.807, 2.05) is 0 Å². The summed E-state index contributed by atoms with van der Waals surface area (Å²) in [4.78, 5) is 22.4. The number of carbonyl (C=O) groups excluding carboxylic acids is 2. The third-order valence-corrected chi connectivity index (χ3v) is 1.66. The fourth-order valence-corrected chi connectivity index (χ4v) is 0.954. The van der Waals surface area contributed by atoms with Crippen molar-refractivity contribution in [1.82, 2.24) is 5.32 Å². The van der Waals surface area contributed by atoms with Gasteiger partial charge >= 0.3 is 5.97 Å². The van der Waals surface area contributed by atoms with Gasteiger partial charge in [-0.05, 0) is 13.3 Å². The van der Waals surface area contributed by atoms with Gasteiger partial charge in [0.05, 0.1) is 7.11 Å². The Morgan fingerprint density at radius 3 is 2.67 bits per heavy atom. The van der Waals surface area contributed by atoms with Crippen LogP contribution in [0.5, 0.6) is 0 Å². The van der Waals surface area contributed by atoms with Crippen molar-refractivity contribution in [3.63, 3.8) is 0 Å². The third-order valence-electron chi connectivity index (χ3n) is 1.66. The van der Waals surface area contributed by atoms with E-state index in [4.69, 9.17) is 4.74 Å². The van der Waals surface area contributed by atoms with Crippen molar-refractivity contribution in [3.05, 3.63) is 12.7 Å². The maximum absolute atomic E-state index is 11.2. The molecule has 0 aliphatic heterocycles. The number of esters is 1. The van der Waals surface area contributed by atoms with E-state index in [0.29, 0.717) is 13.0 Å². The molecule has 0 rings (SSSR count). The van der Waals surface area contributed by atoms with E-state index in [0.717, 1.165) is 0 Å². The van der Waals surface area contributed by atoms with Crippen LogP contribution in [0.3, 0.4) is 0 Å². The zero-order valence-corrected chi connectivity index (χ0v) is 9.12. The fourth-order valence-electron chi connectivity index (χ4n) is 0.954. The highest BCUT2D eigenvalue weighted by Crippen LogP contribution is 1.95. The zero-order chi connectivity index (χ0) is 11.7. The van der Waals surface area contributed by atoms with E-state index < -0.39 is 12.0 Å². The van der Waals surface area contributed by atoms with E-state index >= 15 is 0 Å². The second-order valence-electron chi connectivity index (χ2n) is 2.80. The first-order chi connectivity index (χ1) is 7.15. The molecule has 0 fully saturated rings. The number of methoxy groups -OCH3 is 1. The van der Waals surface area contributed by atoms with Gasteiger partial charge in [-0.3, -0.25) is 4.79 Å². The second kappa shape index (κ2) is 7.99. The van der Waals surface area contributed by atoms with Crippen LogP contribution in [-0.2, 0) is 19.1 Å². The Morgan fingerprint density at radius 2 is 2.20 bits per heavy atom. The number of nitrogens with one attached hydrogen (secondary N) is 1. The minimum Gasteiger partial charge on any atom is -0.467 e. The summed E-state index contributed by atoms with van der Waals surface area (Å²) < 4.78 is 9.43. The normalized spacial score (nSPS) is 11.6. The van der Waals surface area contributed by atoms with Crippen LogP contribution in [0.1, 0.15) is 13.3 Å². The summed E-state index contributed by atoms with van der Waals surface area (Å²) in [5.41, 5.74) is 0. The number of rotatable bonds is 7. The lowest BCUT2D eigenvalue weighted by Gasteiger charge is -2.14. The van der Waals surface area contributed by atoms with E-state index in [1.54, 1.807) is 13.0 Å². The smallest absolute Gasteiger partial charge is 0.328 e. The first-order valence-corrected chi connectivity index (χ1v) is 4.71. The van der Waals surface area contributed by atoms with E-state index in [2.05, 4.69) is 16.6 Å². The molecule has 0 bridgehead atoms. The van der Waals surface area contributed by atoms with Gasteiger partial charge in [0.1, 0.15) is 12.6 Å². The van der Waals surface area contributed by atoms with Crippen LogP contribution in [0.2, 0.25) is 0 Å². The van der Waals surface area contributed by atoms with E-state index in [1.165, 1.54) is 7.11 Å². The molecule has 1 atom stereocenters. The van der Waals surface area contributed by atoms with Crippen LogP contribution in [0.4, 0.5) is 0 Å². The second-order valence-corrected chi connectivity index (χ2v) is 2.80. The summed E-state index contributed by atoms with van der Waals surface area (Å²) >= 11 is 0. The van der Waals surface area contributed by atoms with Crippen molar-refractivity contribution in [2.24, 2.45) is 0 Å². The van der Waals surface area contributed by atoms with Gasteiger partial charge in [0.2, 0.25) is 5.91 Å². The van der Waals surface area contributed by atoms with E-state index in [9.17, 15) is 9.59 Å². The van der Waals surface area contributed by atoms with Crippen LogP contribution in [0.25, 0.3) is 0 Å². The predicted octanol–water partition coefficient (Wildman–Crippen LogP) is 0.257. The Labute approximate surface area is 89.4 Å². The summed E-state index contributed by atoms with van der Waals surface area (Å²) in [6.45, 7) is 5.68. The average Bonchev–Trinajstić information content (AvgIpc) is 2.24. The number of carbonyl (C=O) groups is 2. The molecule has 15 heavy (non-hydrogen) atoms. The van der Waals surface area contributed by atoms with Crippen LogP contribution >= 0.6 is 0 Å². The molecule has 86 valence electrons. The first kappa shape index (κ1) is 13.6. The average molecular weight is 215 g/mol. The van der Waals surface area contributed by atoms with Crippen molar-refractivity contribution in [2.75, 3.05) is 20.3 Å². The molecule has 0 heterocycles. The maximum atomic E-state index is 11.2. The maximum Gasteiger partial charge on any atom is 0.328 e. The Kier molecular flexibility index (Phi) is 7.27. The Balaban J connectivity index is 4.09. The quantitative estimate of drug-likeness (QED) is 0.488. The van der Waals surface area contributed by atoms with Gasteiger partial charge in [-0.15, -0.1) is 6.58 Å². The molecular formula is C10H17NO4. The van der Waals surface area contributed by atoms with Crippen molar-refractivity contribution in [2.45, 2.75) is 19.4 Å². The standard InChI is InChI=1S/C10H17NO4/c1-4-6-8(10(13)14-3)11-9(12)7-15-5-2/h4,8H,1,5-7H2,2-3H3,(H,11,12)/t8-/m0/s1. The highest BCUT2D eigenvalue weighted by Gasteiger charge is 2.19. The first-order valence-electron chi connectivity index (χ1n) is 4.71. The molecule has 1 N–H and O–H groups in total. The minimum absolute atomic E-state index is 0.0544. The van der Waals surface area contributed by atoms with Crippen LogP contribution < -0.4 is 5.32 Å². The number of amides is 1. The topological polar surface area (TPSA) is 64.6 Å². The molecule has 0 saturated carbocycles. The lowest BCUT2D eigenvalue weighted by Crippen LogP contribution is -2.42. The molecule has 5 heteroatoms. The SMILES string of the molecule is C=CC[C@H](NC(=O)COCC)C(=O)OC. The summed E-state index contributed by atoms with van der Waals surface area (Å²) in [5.74, 6) is -0.825. The third kappa shape index (κ3) is 5.85. The molecule has 0 radical (unpaired) electrons. The fraction of sp³-hybridized carbons (Fsp3) is 0.600. The molecule has 0 aromatic heterocycles. The molecule has 0 aliphatic carbocycles. The van der Waals surface area contributed by atoms with Gasteiger partial charge in [-0.1, -0.05) is 6.08 Å². The molecule has 1 amide bonds. The minimum atomic E-state index is -0.680. The van der Waals surface area contributed by atoms with Crippen molar-refractivity contribution < 1.29 is 19.1 Å². The highest BCUT2D eigenvalue weighted by molar-refractivity contribution is 5.85. The number of ether oxygens (including phenoxy) is 2. The monoisotopic (exact) mass is 215 g/mol. The molecule has 0 aliphatic rings. The van der Waals surface area contributed by atoms with Crippen LogP contribution in [0, 0.1) is 0 Å². The molecule has 0 aromatic carbocycles. The van der Waals surface area contributed by atoms with Gasteiger partial charge < -0.3 is 14.8 Å². The molecule has 0 unspecified atom stereocenters. The number of hydrogen-bond donors (Lipinski definition) is 1. The Bertz CT molecular complexity index is 227. The summed E-state index contributed by atoms with van der Waals surface area (Å²) in [6, 6.07) is -0.680. The molecule has 0 aromatic rings. The van der Waals surface area contributed by atoms with Gasteiger partial charge in [-0.25, -0.2) is 4.79 Å². The lowest BCUT2D eigenvalue weighted by molar-refractivity contribution is -0.145. The molecule has 5 nitrogen and oxygen atoms in total. The summed E-state index contributed by atoms with van der Waals surface area (Å²) in [5, 5.41) is 2.49. The van der Waals surface area contributed by atoms with Crippen LogP contribution in [0.15, 0.2) is 12.7 Å². The van der Waals surface area contributed by atoms with Crippen molar-refractivity contribution >= 4 is 11.9 Å². The summed E-state index contributed by atoms with van der Waals surface area (Å²) in [7, 11) is 1.27. The van der Waals surface area contributed by atoms with Crippen molar-refractivity contribution in [1.29, 1.82) is 0 Å². The van der Waals surface area contributed by atoms with Gasteiger partial charge in [-0.2, -0.15) is 0 Å². The zero-order valence-electron chi connectivity index (χ0n) is 9.12. The van der Waals surface area contributed by atoms with Gasteiger partial charge in [0, 0.05) is 6.61 Å². The predicted molar refractivity (Wildman–Crippen MR) is 55.3 cm³/mol. The van der Waals surface area contributed by atoms with Gasteiger partial charge in [0.25, 0.3) is 0 Å². The molecular weight excluding hydrogens is 198 g/mol. The molecule has 0 saturated heterocycles. The lowest BCUT2D eigenvalue weighted by atomic mass is 10.2. The highest BCUT2D eigenvalue weighted by atomic mass is 16.5. The Morgan fingerprint density at radius 1 is 1.53 bits per heavy atom. The largest absolute Gasteiger partial charge is 0.467 e. The van der Waals surface area contributed by atoms with E-state index in [-0.39, 0.29) is 12.5 Å². The van der Waals surface area contributed by atoms with Gasteiger partial charge in [0.15, 0.2) is 0 Å². The molecule has 0 spiro atoms. The Hall–Kier alpha value is -1.36. The summed E-state index contributed by atoms with van der Waals surface area (Å²) in [6.07, 6.45) is 1.88.